The van der Waals surface area contributed by atoms with Crippen LogP contribution in [0.2, 0.25) is 0 Å². The van der Waals surface area contributed by atoms with Gasteiger partial charge in [-0.3, -0.25) is 0 Å². The Morgan fingerprint density at radius 1 is 0.300 bits per heavy atom. The Labute approximate surface area is 194 Å². The van der Waals surface area contributed by atoms with Crippen molar-refractivity contribution in [3.05, 3.63) is 0 Å². The molecule has 0 aliphatic rings. The maximum absolute atomic E-state index is 2.29. The lowest BCUT2D eigenvalue weighted by molar-refractivity contribution is -0.870. The van der Waals surface area contributed by atoms with E-state index in [2.05, 4.69) is 56.1 Å². The average Bonchev–Trinajstić information content (AvgIpc) is 2.64. The van der Waals surface area contributed by atoms with Gasteiger partial charge in [-0.1, -0.05) is 104 Å². The van der Waals surface area contributed by atoms with E-state index < -0.39 is 0 Å². The van der Waals surface area contributed by atoms with Crippen molar-refractivity contribution in [2.24, 2.45) is 0 Å². The summed E-state index contributed by atoms with van der Waals surface area (Å²) in [6, 6.07) is 0. The van der Waals surface area contributed by atoms with Gasteiger partial charge in [-0.05, 0) is 25.7 Å². The molecule has 0 amide bonds. The number of quaternary nitrogens is 2. The first kappa shape index (κ1) is 32.1. The Balaban J connectivity index is 0. The monoisotopic (exact) mass is 429 g/mol. The van der Waals surface area contributed by atoms with Crippen LogP contribution >= 0.6 is 0 Å². The summed E-state index contributed by atoms with van der Waals surface area (Å²) in [5.41, 5.74) is 0. The van der Waals surface area contributed by atoms with Crippen molar-refractivity contribution in [3.8, 4) is 0 Å². The Morgan fingerprint density at radius 2 is 0.500 bits per heavy atom. The molecule has 0 bridgehead atoms. The summed E-state index contributed by atoms with van der Waals surface area (Å²) < 4.78 is 2.24. The third-order valence-corrected chi connectivity index (χ3v) is 5.86. The normalized spacial score (nSPS) is 12.0. The minimum Gasteiger partial charge on any atom is -0.331 e. The zero-order valence-corrected chi connectivity index (χ0v) is 23.0. The van der Waals surface area contributed by atoms with Crippen molar-refractivity contribution in [2.75, 3.05) is 55.4 Å². The molecule has 2 nitrogen and oxygen atoms in total. The van der Waals surface area contributed by atoms with Gasteiger partial charge in [-0.25, -0.2) is 0 Å². The van der Waals surface area contributed by atoms with E-state index in [9.17, 15) is 0 Å². The molecule has 0 atom stereocenters. The molecular weight excluding hydrogens is 364 g/mol. The highest BCUT2D eigenvalue weighted by Crippen LogP contribution is 2.11. The molecular formula is C28H64N2+2. The minimum atomic E-state index is 1.12. The van der Waals surface area contributed by atoms with E-state index in [0.717, 1.165) is 8.97 Å². The SMILES string of the molecule is CCCCCCCCCCCC[N+](C)(C)C.CCCCCCCCCC[N+](C)(C)C. The lowest BCUT2D eigenvalue weighted by Gasteiger charge is -2.23. The predicted molar refractivity (Wildman–Crippen MR) is 140 cm³/mol. The molecule has 0 N–H and O–H groups in total. The van der Waals surface area contributed by atoms with Crippen molar-refractivity contribution >= 4 is 0 Å². The number of unbranched alkanes of at least 4 members (excludes halogenated alkanes) is 16. The summed E-state index contributed by atoms with van der Waals surface area (Å²) in [5.74, 6) is 0. The second-order valence-corrected chi connectivity index (χ2v) is 11.7. The van der Waals surface area contributed by atoms with Gasteiger partial charge in [0.2, 0.25) is 0 Å². The zero-order valence-electron chi connectivity index (χ0n) is 23.0. The number of hydrogen-bond donors (Lipinski definition) is 0. The van der Waals surface area contributed by atoms with Crippen molar-refractivity contribution in [3.63, 3.8) is 0 Å². The van der Waals surface area contributed by atoms with Crippen LogP contribution in [0.5, 0.6) is 0 Å². The second kappa shape index (κ2) is 22.1. The fraction of sp³-hybridized carbons (Fsp3) is 1.00. The van der Waals surface area contributed by atoms with Crippen molar-refractivity contribution in [2.45, 2.75) is 129 Å². The summed E-state index contributed by atoms with van der Waals surface area (Å²) in [6.45, 7) is 7.22. The fourth-order valence-corrected chi connectivity index (χ4v) is 3.79. The number of hydrogen-bond acceptors (Lipinski definition) is 0. The standard InChI is InChI=1S/C15H34N.C13H30N/c1-5-6-7-8-9-10-11-12-13-14-15-16(2,3)4;1-5-6-7-8-9-10-11-12-13-14(2,3)4/h5-15H2,1-4H3;5-13H2,1-4H3/q2*+1. The van der Waals surface area contributed by atoms with Gasteiger partial charge in [-0.2, -0.15) is 0 Å². The van der Waals surface area contributed by atoms with E-state index in [-0.39, 0.29) is 0 Å². The number of rotatable bonds is 20. The average molecular weight is 429 g/mol. The van der Waals surface area contributed by atoms with Gasteiger partial charge in [0.05, 0.1) is 55.4 Å². The Morgan fingerprint density at radius 3 is 0.700 bits per heavy atom. The molecule has 0 aliphatic heterocycles. The van der Waals surface area contributed by atoms with Gasteiger partial charge in [-0.15, -0.1) is 0 Å². The van der Waals surface area contributed by atoms with E-state index in [1.165, 1.54) is 129 Å². The summed E-state index contributed by atoms with van der Waals surface area (Å²) in [4.78, 5) is 0. The maximum atomic E-state index is 2.29. The van der Waals surface area contributed by atoms with Gasteiger partial charge < -0.3 is 8.97 Å². The van der Waals surface area contributed by atoms with Crippen LogP contribution in [0.3, 0.4) is 0 Å². The van der Waals surface area contributed by atoms with E-state index in [1.54, 1.807) is 0 Å². The lowest BCUT2D eigenvalue weighted by Crippen LogP contribution is -2.35. The quantitative estimate of drug-likeness (QED) is 0.135. The molecule has 2 heteroatoms. The van der Waals surface area contributed by atoms with Crippen molar-refractivity contribution < 1.29 is 8.97 Å². The van der Waals surface area contributed by atoms with Crippen LogP contribution in [0.15, 0.2) is 0 Å². The molecule has 0 saturated carbocycles. The minimum absolute atomic E-state index is 1.12. The smallest absolute Gasteiger partial charge is 0.0780 e. The molecule has 0 aromatic carbocycles. The third kappa shape index (κ3) is 35.4. The molecule has 0 fully saturated rings. The van der Waals surface area contributed by atoms with Crippen LogP contribution in [0.1, 0.15) is 129 Å². The molecule has 0 unspecified atom stereocenters. The molecule has 0 aromatic heterocycles. The molecule has 0 spiro atoms. The highest BCUT2D eigenvalue weighted by molar-refractivity contribution is 4.47. The fourth-order valence-electron chi connectivity index (χ4n) is 3.79. The molecule has 0 heterocycles. The lowest BCUT2D eigenvalue weighted by atomic mass is 10.1. The van der Waals surface area contributed by atoms with Crippen molar-refractivity contribution in [1.29, 1.82) is 0 Å². The van der Waals surface area contributed by atoms with Gasteiger partial charge in [0.1, 0.15) is 0 Å². The first-order valence-corrected chi connectivity index (χ1v) is 13.7. The third-order valence-electron chi connectivity index (χ3n) is 5.86. The van der Waals surface area contributed by atoms with Crippen LogP contribution in [-0.4, -0.2) is 64.3 Å². The zero-order chi connectivity index (χ0) is 23.1. The largest absolute Gasteiger partial charge is 0.331 e. The van der Waals surface area contributed by atoms with E-state index >= 15 is 0 Å². The molecule has 0 saturated heterocycles. The Kier molecular flexibility index (Phi) is 23.7. The number of nitrogens with zero attached hydrogens (tertiary/aromatic N) is 2. The van der Waals surface area contributed by atoms with Crippen LogP contribution in [-0.2, 0) is 0 Å². The van der Waals surface area contributed by atoms with Crippen LogP contribution < -0.4 is 0 Å². The van der Waals surface area contributed by atoms with Crippen LogP contribution in [0.4, 0.5) is 0 Å². The molecule has 30 heavy (non-hydrogen) atoms. The topological polar surface area (TPSA) is 0 Å². The first-order chi connectivity index (χ1) is 14.1. The van der Waals surface area contributed by atoms with E-state index in [1.807, 2.05) is 0 Å². The van der Waals surface area contributed by atoms with Gasteiger partial charge in [0.15, 0.2) is 0 Å². The van der Waals surface area contributed by atoms with E-state index in [0.29, 0.717) is 0 Å². The maximum Gasteiger partial charge on any atom is 0.0780 e. The predicted octanol–water partition coefficient (Wildman–Crippen LogP) is 8.45. The Bertz CT molecular complexity index is 312. The Hall–Kier alpha value is -0.0800. The van der Waals surface area contributed by atoms with Gasteiger partial charge in [0, 0.05) is 0 Å². The van der Waals surface area contributed by atoms with E-state index in [4.69, 9.17) is 0 Å². The molecule has 0 aliphatic carbocycles. The van der Waals surface area contributed by atoms with Gasteiger partial charge >= 0.3 is 0 Å². The van der Waals surface area contributed by atoms with Crippen LogP contribution in [0, 0.1) is 0 Å². The molecule has 0 rings (SSSR count). The summed E-state index contributed by atoms with van der Waals surface area (Å²) in [6.07, 6.45) is 25.8. The first-order valence-electron chi connectivity index (χ1n) is 13.7. The second-order valence-electron chi connectivity index (χ2n) is 11.7. The summed E-state index contributed by atoms with van der Waals surface area (Å²) in [7, 11) is 13.7. The van der Waals surface area contributed by atoms with Crippen molar-refractivity contribution in [1.82, 2.24) is 0 Å². The highest BCUT2D eigenvalue weighted by atomic mass is 15.3. The van der Waals surface area contributed by atoms with Crippen LogP contribution in [0.25, 0.3) is 0 Å². The molecule has 0 aromatic rings. The summed E-state index contributed by atoms with van der Waals surface area (Å²) >= 11 is 0. The molecule has 0 radical (unpaired) electrons. The van der Waals surface area contributed by atoms with Gasteiger partial charge in [0.25, 0.3) is 0 Å². The highest BCUT2D eigenvalue weighted by Gasteiger charge is 2.05. The summed E-state index contributed by atoms with van der Waals surface area (Å²) in [5, 5.41) is 0. The molecule has 184 valence electrons.